The van der Waals surface area contributed by atoms with Gasteiger partial charge in [0.2, 0.25) is 0 Å². The lowest BCUT2D eigenvalue weighted by Crippen LogP contribution is -2.38. The van der Waals surface area contributed by atoms with E-state index >= 15 is 0 Å². The summed E-state index contributed by atoms with van der Waals surface area (Å²) in [5, 5.41) is 0. The number of hydrogen-bond acceptors (Lipinski definition) is 0. The molecule has 0 aromatic rings. The Hall–Kier alpha value is -0.0700. The van der Waals surface area contributed by atoms with Gasteiger partial charge < -0.3 is 0 Å². The highest BCUT2D eigenvalue weighted by atomic mass is 19.1. The van der Waals surface area contributed by atoms with Gasteiger partial charge in [0.05, 0.1) is 0 Å². The van der Waals surface area contributed by atoms with Gasteiger partial charge in [0.25, 0.3) is 0 Å². The lowest BCUT2D eigenvalue weighted by molar-refractivity contribution is 0.0177. The fourth-order valence-corrected chi connectivity index (χ4v) is 2.12. The van der Waals surface area contributed by atoms with Crippen molar-refractivity contribution in [2.75, 3.05) is 0 Å². The molecule has 1 fully saturated rings. The zero-order chi connectivity index (χ0) is 10.2. The van der Waals surface area contributed by atoms with Crippen molar-refractivity contribution in [3.05, 3.63) is 0 Å². The molecule has 1 aliphatic carbocycles. The van der Waals surface area contributed by atoms with Crippen LogP contribution in [0.4, 0.5) is 4.39 Å². The molecule has 1 saturated carbocycles. The smallest absolute Gasteiger partial charge is 0.113 e. The van der Waals surface area contributed by atoms with Crippen molar-refractivity contribution in [2.45, 2.75) is 53.1 Å². The zero-order valence-electron chi connectivity index (χ0n) is 9.60. The fourth-order valence-electron chi connectivity index (χ4n) is 2.12. The molecule has 0 bridgehead atoms. The summed E-state index contributed by atoms with van der Waals surface area (Å²) in [5.41, 5.74) is -0.977. The summed E-state index contributed by atoms with van der Waals surface area (Å²) in [5.74, 6) is 1.51. The molecule has 3 atom stereocenters. The van der Waals surface area contributed by atoms with Crippen LogP contribution < -0.4 is 0 Å². The minimum absolute atomic E-state index is 0.170. The van der Waals surface area contributed by atoms with Gasteiger partial charge in [0.15, 0.2) is 0 Å². The largest absolute Gasteiger partial charge is 0.244 e. The van der Waals surface area contributed by atoms with E-state index in [4.69, 9.17) is 0 Å². The molecule has 0 aliphatic heterocycles. The van der Waals surface area contributed by atoms with Gasteiger partial charge in [0, 0.05) is 0 Å². The first-order chi connectivity index (χ1) is 5.87. The highest BCUT2D eigenvalue weighted by molar-refractivity contribution is 4.94. The zero-order valence-corrected chi connectivity index (χ0v) is 9.60. The Balaban J connectivity index is 2.61. The third kappa shape index (κ3) is 2.24. The maximum absolute atomic E-state index is 14.4. The lowest BCUT2D eigenvalue weighted by Gasteiger charge is -2.36. The van der Waals surface area contributed by atoms with Crippen molar-refractivity contribution in [3.63, 3.8) is 0 Å². The summed E-state index contributed by atoms with van der Waals surface area (Å²) in [6.45, 7) is 10.1. The Morgan fingerprint density at radius 1 is 1.15 bits per heavy atom. The first kappa shape index (κ1) is 11.0. The molecule has 0 aromatic carbocycles. The Bertz CT molecular complexity index is 158. The first-order valence-corrected chi connectivity index (χ1v) is 5.56. The van der Waals surface area contributed by atoms with Crippen LogP contribution in [0.25, 0.3) is 0 Å². The van der Waals surface area contributed by atoms with Gasteiger partial charge in [-0.3, -0.25) is 0 Å². The van der Waals surface area contributed by atoms with Crippen LogP contribution in [-0.2, 0) is 0 Å². The summed E-state index contributed by atoms with van der Waals surface area (Å²) >= 11 is 0. The molecule has 0 saturated heterocycles. The molecular formula is C12H23F. The maximum Gasteiger partial charge on any atom is 0.113 e. The summed E-state index contributed by atoms with van der Waals surface area (Å²) in [6, 6.07) is 0. The molecule has 2 unspecified atom stereocenters. The van der Waals surface area contributed by atoms with Crippen LogP contribution in [0.2, 0.25) is 0 Å². The monoisotopic (exact) mass is 186 g/mol. The molecule has 1 rings (SSSR count). The second-order valence-electron chi connectivity index (χ2n) is 5.31. The Kier molecular flexibility index (Phi) is 3.04. The molecule has 0 heterocycles. The molecule has 13 heavy (non-hydrogen) atoms. The predicted octanol–water partition coefficient (Wildman–Crippen LogP) is 4.05. The maximum atomic E-state index is 14.4. The highest BCUT2D eigenvalue weighted by Gasteiger charge is 2.45. The molecule has 0 amide bonds. The third-order valence-electron chi connectivity index (χ3n) is 4.11. The molecule has 0 spiro atoms. The standard InChI is InChI=1S/C12H23F/c1-8(2)9(3)12(5,13)10(4)11-6-7-11/h8-11H,6-7H2,1-5H3/t9-,10?,12?/m1/s1. The minimum Gasteiger partial charge on any atom is -0.244 e. The SMILES string of the molecule is CC(C)[C@@H](C)C(C)(F)C(C)C1CC1. The van der Waals surface area contributed by atoms with E-state index in [9.17, 15) is 4.39 Å². The molecule has 0 radical (unpaired) electrons. The van der Waals surface area contributed by atoms with Crippen LogP contribution in [0, 0.1) is 23.7 Å². The van der Waals surface area contributed by atoms with Crippen molar-refractivity contribution < 1.29 is 4.39 Å². The van der Waals surface area contributed by atoms with Crippen LogP contribution in [0.3, 0.4) is 0 Å². The second-order valence-corrected chi connectivity index (χ2v) is 5.31. The van der Waals surface area contributed by atoms with Gasteiger partial charge in [0.1, 0.15) is 5.67 Å². The van der Waals surface area contributed by atoms with Crippen LogP contribution in [0.15, 0.2) is 0 Å². The van der Waals surface area contributed by atoms with Gasteiger partial charge in [-0.2, -0.15) is 0 Å². The number of rotatable bonds is 4. The van der Waals surface area contributed by atoms with Crippen LogP contribution in [0.1, 0.15) is 47.5 Å². The number of halogens is 1. The Morgan fingerprint density at radius 2 is 1.62 bits per heavy atom. The lowest BCUT2D eigenvalue weighted by atomic mass is 9.74. The van der Waals surface area contributed by atoms with Gasteiger partial charge in [-0.15, -0.1) is 0 Å². The normalized spacial score (nSPS) is 27.0. The third-order valence-corrected chi connectivity index (χ3v) is 4.11. The Morgan fingerprint density at radius 3 is 1.92 bits per heavy atom. The minimum atomic E-state index is -0.977. The van der Waals surface area contributed by atoms with Gasteiger partial charge >= 0.3 is 0 Å². The van der Waals surface area contributed by atoms with Gasteiger partial charge in [-0.05, 0) is 43.4 Å². The number of hydrogen-bond donors (Lipinski definition) is 0. The summed E-state index contributed by atoms with van der Waals surface area (Å²) in [4.78, 5) is 0. The molecule has 0 aromatic heterocycles. The van der Waals surface area contributed by atoms with Crippen LogP contribution in [-0.4, -0.2) is 5.67 Å². The van der Waals surface area contributed by atoms with Crippen molar-refractivity contribution in [2.24, 2.45) is 23.7 Å². The van der Waals surface area contributed by atoms with E-state index in [2.05, 4.69) is 20.8 Å². The second kappa shape index (κ2) is 3.59. The van der Waals surface area contributed by atoms with E-state index in [1.54, 1.807) is 6.92 Å². The summed E-state index contributed by atoms with van der Waals surface area (Å²) in [6.07, 6.45) is 2.48. The number of alkyl halides is 1. The molecular weight excluding hydrogens is 163 g/mol. The predicted molar refractivity (Wildman–Crippen MR) is 55.4 cm³/mol. The molecule has 0 nitrogen and oxygen atoms in total. The average Bonchev–Trinajstić information content (AvgIpc) is 2.83. The molecule has 78 valence electrons. The van der Waals surface area contributed by atoms with Crippen LogP contribution in [0.5, 0.6) is 0 Å². The first-order valence-electron chi connectivity index (χ1n) is 5.56. The topological polar surface area (TPSA) is 0 Å². The van der Waals surface area contributed by atoms with E-state index < -0.39 is 5.67 Å². The average molecular weight is 186 g/mol. The van der Waals surface area contributed by atoms with E-state index in [0.717, 1.165) is 0 Å². The fraction of sp³-hybridized carbons (Fsp3) is 1.00. The Labute approximate surface area is 81.9 Å². The van der Waals surface area contributed by atoms with E-state index in [1.807, 2.05) is 6.92 Å². The summed E-state index contributed by atoms with van der Waals surface area (Å²) < 4.78 is 14.4. The van der Waals surface area contributed by atoms with Gasteiger partial charge in [-0.25, -0.2) is 4.39 Å². The van der Waals surface area contributed by atoms with E-state index in [0.29, 0.717) is 11.8 Å². The molecule has 1 heteroatoms. The highest BCUT2D eigenvalue weighted by Crippen LogP contribution is 2.47. The van der Waals surface area contributed by atoms with Crippen LogP contribution >= 0.6 is 0 Å². The van der Waals surface area contributed by atoms with Crippen molar-refractivity contribution in [1.29, 1.82) is 0 Å². The van der Waals surface area contributed by atoms with Crippen molar-refractivity contribution in [1.82, 2.24) is 0 Å². The van der Waals surface area contributed by atoms with E-state index in [-0.39, 0.29) is 11.8 Å². The van der Waals surface area contributed by atoms with Crippen molar-refractivity contribution in [3.8, 4) is 0 Å². The quantitative estimate of drug-likeness (QED) is 0.621. The van der Waals surface area contributed by atoms with Gasteiger partial charge in [-0.1, -0.05) is 27.7 Å². The molecule has 1 aliphatic rings. The van der Waals surface area contributed by atoms with Crippen molar-refractivity contribution >= 4 is 0 Å². The van der Waals surface area contributed by atoms with E-state index in [1.165, 1.54) is 12.8 Å². The molecule has 0 N–H and O–H groups in total. The summed E-state index contributed by atoms with van der Waals surface area (Å²) in [7, 11) is 0.